The molecule has 1 atom stereocenters. The van der Waals surface area contributed by atoms with E-state index in [1.807, 2.05) is 0 Å². The summed E-state index contributed by atoms with van der Waals surface area (Å²) in [7, 11) is 0. The number of rotatable bonds is 61. The van der Waals surface area contributed by atoms with Gasteiger partial charge in [-0.15, -0.1) is 0 Å². The number of unbranched alkanes of at least 4 members (excludes halogenated alkanes) is 42. The lowest BCUT2D eigenvalue weighted by atomic mass is 10.0. The molecule has 1 unspecified atom stereocenters. The Balaban J connectivity index is 3.87. The van der Waals surface area contributed by atoms with Crippen molar-refractivity contribution >= 4 is 17.9 Å². The molecule has 0 rings (SSSR count). The average Bonchev–Trinajstić information content (AvgIpc) is 3.41. The largest absolute Gasteiger partial charge is 0.462 e. The number of carbonyl (C=O) groups excluding carboxylic acids is 3. The van der Waals surface area contributed by atoms with Gasteiger partial charge in [0.25, 0.3) is 0 Å². The fraction of sp³-hybridized carbons (Fsp3) is 0.841. The van der Waals surface area contributed by atoms with E-state index in [9.17, 15) is 14.4 Å². The van der Waals surface area contributed by atoms with Crippen molar-refractivity contribution in [1.82, 2.24) is 0 Å². The van der Waals surface area contributed by atoms with Crippen molar-refractivity contribution in [2.75, 3.05) is 13.2 Å². The maximum Gasteiger partial charge on any atom is 0.306 e. The SMILES string of the molecule is CC/C=C\C/C=C\C/C=C\C/C=C\CCCCCCC(=O)OC(COC(=O)CCCCCCC)COC(=O)CCCCCCCCCCCCCCCCCCCCCCCCCCCCCCCCCCCCC. The summed E-state index contributed by atoms with van der Waals surface area (Å²) in [5.74, 6) is -0.904. The Morgan fingerprint density at radius 1 is 0.280 bits per heavy atom. The molecule has 0 amide bonds. The predicted molar refractivity (Wildman–Crippen MR) is 325 cm³/mol. The Kier molecular flexibility index (Phi) is 61.7. The first-order valence-corrected chi connectivity index (χ1v) is 33.1. The van der Waals surface area contributed by atoms with Crippen molar-refractivity contribution in [2.45, 2.75) is 361 Å². The van der Waals surface area contributed by atoms with E-state index in [0.29, 0.717) is 19.3 Å². The second-order valence-corrected chi connectivity index (χ2v) is 22.4. The smallest absolute Gasteiger partial charge is 0.306 e. The summed E-state index contributed by atoms with van der Waals surface area (Å²) in [5.41, 5.74) is 0. The summed E-state index contributed by atoms with van der Waals surface area (Å²) in [5, 5.41) is 0. The minimum absolute atomic E-state index is 0.0804. The molecule has 0 aromatic rings. The quantitative estimate of drug-likeness (QED) is 0.0261. The van der Waals surface area contributed by atoms with E-state index >= 15 is 0 Å². The molecule has 0 aromatic carbocycles. The first-order chi connectivity index (χ1) is 37.0. The molecule has 0 radical (unpaired) electrons. The van der Waals surface area contributed by atoms with E-state index in [1.165, 1.54) is 212 Å². The summed E-state index contributed by atoms with van der Waals surface area (Å²) in [6.07, 6.45) is 80.7. The molecule has 0 saturated carbocycles. The van der Waals surface area contributed by atoms with Crippen LogP contribution in [0.15, 0.2) is 48.6 Å². The van der Waals surface area contributed by atoms with Crippen molar-refractivity contribution in [3.63, 3.8) is 0 Å². The summed E-state index contributed by atoms with van der Waals surface area (Å²) in [6, 6.07) is 0. The lowest BCUT2D eigenvalue weighted by Gasteiger charge is -2.18. The van der Waals surface area contributed by atoms with Crippen LogP contribution < -0.4 is 0 Å². The Hall–Kier alpha value is -2.63. The molecule has 6 heteroatoms. The van der Waals surface area contributed by atoms with Crippen LogP contribution in [0.1, 0.15) is 355 Å². The Morgan fingerprint density at radius 3 is 0.813 bits per heavy atom. The molecule has 75 heavy (non-hydrogen) atoms. The van der Waals surface area contributed by atoms with Crippen LogP contribution in [0.2, 0.25) is 0 Å². The first kappa shape index (κ1) is 72.4. The molecule has 438 valence electrons. The third-order valence-electron chi connectivity index (χ3n) is 14.8. The van der Waals surface area contributed by atoms with E-state index in [4.69, 9.17) is 14.2 Å². The van der Waals surface area contributed by atoms with Gasteiger partial charge in [0, 0.05) is 19.3 Å². The van der Waals surface area contributed by atoms with Crippen LogP contribution in [-0.4, -0.2) is 37.2 Å². The van der Waals surface area contributed by atoms with Crippen molar-refractivity contribution in [2.24, 2.45) is 0 Å². The van der Waals surface area contributed by atoms with Gasteiger partial charge in [-0.25, -0.2) is 0 Å². The minimum atomic E-state index is -0.781. The predicted octanol–water partition coefficient (Wildman–Crippen LogP) is 22.6. The van der Waals surface area contributed by atoms with E-state index in [-0.39, 0.29) is 31.1 Å². The normalized spacial score (nSPS) is 12.3. The highest BCUT2D eigenvalue weighted by atomic mass is 16.6. The number of carbonyl (C=O) groups is 3. The molecule has 6 nitrogen and oxygen atoms in total. The lowest BCUT2D eigenvalue weighted by Crippen LogP contribution is -2.30. The molecule has 0 saturated heterocycles. The van der Waals surface area contributed by atoms with Crippen molar-refractivity contribution in [3.05, 3.63) is 48.6 Å². The van der Waals surface area contributed by atoms with Crippen LogP contribution in [0.5, 0.6) is 0 Å². The molecule has 0 aliphatic rings. The second-order valence-electron chi connectivity index (χ2n) is 22.4. The van der Waals surface area contributed by atoms with Gasteiger partial charge in [0.15, 0.2) is 6.10 Å². The highest BCUT2D eigenvalue weighted by molar-refractivity contribution is 5.71. The topological polar surface area (TPSA) is 78.9 Å². The number of ether oxygens (including phenoxy) is 3. The van der Waals surface area contributed by atoms with Gasteiger partial charge >= 0.3 is 17.9 Å². The molecular formula is C69H126O6. The summed E-state index contributed by atoms with van der Waals surface area (Å²) < 4.78 is 16.7. The zero-order valence-electron chi connectivity index (χ0n) is 50.3. The Morgan fingerprint density at radius 2 is 0.520 bits per heavy atom. The minimum Gasteiger partial charge on any atom is -0.462 e. The zero-order chi connectivity index (χ0) is 54.3. The van der Waals surface area contributed by atoms with E-state index in [2.05, 4.69) is 69.4 Å². The second kappa shape index (κ2) is 63.9. The van der Waals surface area contributed by atoms with Gasteiger partial charge in [-0.2, -0.15) is 0 Å². The molecule has 0 heterocycles. The third kappa shape index (κ3) is 62.1. The maximum absolute atomic E-state index is 12.8. The number of hydrogen-bond donors (Lipinski definition) is 0. The van der Waals surface area contributed by atoms with Crippen molar-refractivity contribution in [3.8, 4) is 0 Å². The highest BCUT2D eigenvalue weighted by Crippen LogP contribution is 2.18. The van der Waals surface area contributed by atoms with Gasteiger partial charge in [0.2, 0.25) is 0 Å². The van der Waals surface area contributed by atoms with Gasteiger partial charge in [0.1, 0.15) is 13.2 Å². The van der Waals surface area contributed by atoms with Gasteiger partial charge in [0.05, 0.1) is 0 Å². The maximum atomic E-state index is 12.8. The standard InChI is InChI=1S/C69H126O6/c1-4-7-10-13-15-17-19-21-23-25-26-27-28-29-30-31-32-33-34-35-36-37-38-39-40-41-42-44-45-47-49-51-53-56-59-62-68(71)74-65-66(64-73-67(70)61-58-55-12-9-6-3)75-69(72)63-60-57-54-52-50-48-46-43-24-22-20-18-16-14-11-8-5-2/h8,11,16,18,22,24,46,48,66H,4-7,9-10,12-15,17,19-21,23,25-45,47,49-65H2,1-3H3/b11-8-,18-16-,24-22-,48-46-. The highest BCUT2D eigenvalue weighted by Gasteiger charge is 2.19. The van der Waals surface area contributed by atoms with E-state index < -0.39 is 6.10 Å². The van der Waals surface area contributed by atoms with Gasteiger partial charge in [-0.05, 0) is 57.8 Å². The fourth-order valence-corrected chi connectivity index (χ4v) is 9.91. The first-order valence-electron chi connectivity index (χ1n) is 33.1. The van der Waals surface area contributed by atoms with Crippen molar-refractivity contribution < 1.29 is 28.6 Å². The van der Waals surface area contributed by atoms with Crippen LogP contribution >= 0.6 is 0 Å². The average molecular weight is 1050 g/mol. The van der Waals surface area contributed by atoms with Crippen LogP contribution in [-0.2, 0) is 28.6 Å². The lowest BCUT2D eigenvalue weighted by molar-refractivity contribution is -0.167. The summed E-state index contributed by atoms with van der Waals surface area (Å²) in [6.45, 7) is 6.47. The number of esters is 3. The van der Waals surface area contributed by atoms with Crippen LogP contribution in [0.3, 0.4) is 0 Å². The van der Waals surface area contributed by atoms with Crippen LogP contribution in [0, 0.1) is 0 Å². The Bertz CT molecular complexity index is 1300. The van der Waals surface area contributed by atoms with Crippen LogP contribution in [0.4, 0.5) is 0 Å². The monoisotopic (exact) mass is 1050 g/mol. The molecule has 0 spiro atoms. The Labute approximate surface area is 467 Å². The third-order valence-corrected chi connectivity index (χ3v) is 14.8. The van der Waals surface area contributed by atoms with Gasteiger partial charge in [-0.3, -0.25) is 14.4 Å². The number of allylic oxidation sites excluding steroid dienone is 8. The van der Waals surface area contributed by atoms with Gasteiger partial charge < -0.3 is 14.2 Å². The van der Waals surface area contributed by atoms with Gasteiger partial charge in [-0.1, -0.05) is 326 Å². The fourth-order valence-electron chi connectivity index (χ4n) is 9.91. The van der Waals surface area contributed by atoms with Crippen molar-refractivity contribution in [1.29, 1.82) is 0 Å². The molecule has 0 fully saturated rings. The molecule has 0 aromatic heterocycles. The summed E-state index contributed by atoms with van der Waals surface area (Å²) in [4.78, 5) is 37.8. The molecular weight excluding hydrogens is 925 g/mol. The summed E-state index contributed by atoms with van der Waals surface area (Å²) >= 11 is 0. The number of hydrogen-bond acceptors (Lipinski definition) is 6. The molecule has 0 aliphatic heterocycles. The van der Waals surface area contributed by atoms with E-state index in [1.54, 1.807) is 0 Å². The van der Waals surface area contributed by atoms with E-state index in [0.717, 1.165) is 103 Å². The molecule has 0 aliphatic carbocycles. The zero-order valence-corrected chi connectivity index (χ0v) is 50.3. The molecule has 0 N–H and O–H groups in total. The van der Waals surface area contributed by atoms with Crippen LogP contribution in [0.25, 0.3) is 0 Å². The molecule has 0 bridgehead atoms.